The van der Waals surface area contributed by atoms with Gasteiger partial charge in [0.2, 0.25) is 5.91 Å². The Balaban J connectivity index is 1.73. The summed E-state index contributed by atoms with van der Waals surface area (Å²) in [5, 5.41) is 2.86. The van der Waals surface area contributed by atoms with Crippen LogP contribution in [-0.2, 0) is 22.4 Å². The summed E-state index contributed by atoms with van der Waals surface area (Å²) in [6.07, 6.45) is 4.35. The number of amides is 2. The van der Waals surface area contributed by atoms with Gasteiger partial charge in [0.15, 0.2) is 0 Å². The van der Waals surface area contributed by atoms with E-state index in [0.717, 1.165) is 34.2 Å². The number of nitrogens with one attached hydrogen (secondary N) is 1. The Morgan fingerprint density at radius 1 is 1.08 bits per heavy atom. The molecule has 2 amide bonds. The van der Waals surface area contributed by atoms with Crippen LogP contribution in [0.15, 0.2) is 67.0 Å². The molecule has 0 fully saturated rings. The summed E-state index contributed by atoms with van der Waals surface area (Å²) >= 11 is 0. The first-order valence-electron chi connectivity index (χ1n) is 12.2. The lowest BCUT2D eigenvalue weighted by atomic mass is 9.91. The van der Waals surface area contributed by atoms with Gasteiger partial charge in [-0.3, -0.25) is 9.78 Å². The van der Waals surface area contributed by atoms with Crippen LogP contribution in [0, 0.1) is 0 Å². The number of carbonyl (C=O) groups is 3. The van der Waals surface area contributed by atoms with Gasteiger partial charge in [0.05, 0.1) is 0 Å². The quantitative estimate of drug-likeness (QED) is 0.453. The molecule has 0 saturated heterocycles. The van der Waals surface area contributed by atoms with E-state index in [1.807, 2.05) is 53.4 Å². The zero-order chi connectivity index (χ0) is 26.6. The molecule has 3 N–H and O–H groups in total. The molecule has 3 aromatic rings. The first-order chi connectivity index (χ1) is 17.6. The highest BCUT2D eigenvalue weighted by atomic mass is 16.6. The van der Waals surface area contributed by atoms with Crippen LogP contribution < -0.4 is 16.0 Å². The molecule has 0 bridgehead atoms. The second kappa shape index (κ2) is 10.4. The maximum absolute atomic E-state index is 12.8. The molecule has 0 aliphatic carbocycles. The average Bonchev–Trinajstić information content (AvgIpc) is 3.25. The van der Waals surface area contributed by atoms with Crippen molar-refractivity contribution < 1.29 is 19.1 Å². The third-order valence-electron chi connectivity index (χ3n) is 6.29. The van der Waals surface area contributed by atoms with Gasteiger partial charge in [-0.1, -0.05) is 30.3 Å². The van der Waals surface area contributed by atoms with Gasteiger partial charge in [-0.15, -0.1) is 0 Å². The predicted octanol–water partition coefficient (Wildman–Crippen LogP) is 3.92. The van der Waals surface area contributed by atoms with Crippen molar-refractivity contribution >= 4 is 24.0 Å². The molecule has 1 aliphatic rings. The number of rotatable bonds is 8. The smallest absolute Gasteiger partial charge is 0.408 e. The van der Waals surface area contributed by atoms with E-state index in [-0.39, 0.29) is 13.0 Å². The summed E-state index contributed by atoms with van der Waals surface area (Å²) in [6, 6.07) is 17.0. The first kappa shape index (κ1) is 25.9. The molecule has 1 unspecified atom stereocenters. The van der Waals surface area contributed by atoms with E-state index < -0.39 is 23.1 Å². The summed E-state index contributed by atoms with van der Waals surface area (Å²) < 4.78 is 5.50. The number of nitrogens with two attached hydrogens (primary N) is 1. The van der Waals surface area contributed by atoms with Gasteiger partial charge < -0.3 is 25.5 Å². The number of fused-ring (bicyclic) bond motifs is 1. The Morgan fingerprint density at radius 3 is 2.41 bits per heavy atom. The topological polar surface area (TPSA) is 115 Å². The second-order valence-corrected chi connectivity index (χ2v) is 10.4. The monoisotopic (exact) mass is 500 g/mol. The van der Waals surface area contributed by atoms with Crippen molar-refractivity contribution in [2.24, 2.45) is 5.73 Å². The molecule has 1 aliphatic heterocycles. The molecule has 192 valence electrons. The number of aromatic nitrogens is 1. The minimum atomic E-state index is -1.27. The molecule has 0 saturated carbocycles. The Morgan fingerprint density at radius 2 is 1.78 bits per heavy atom. The lowest BCUT2D eigenvalue weighted by molar-refractivity contribution is -0.113. The van der Waals surface area contributed by atoms with Gasteiger partial charge in [0.25, 0.3) is 0 Å². The normalized spacial score (nSPS) is 14.4. The number of benzene rings is 2. The zero-order valence-corrected chi connectivity index (χ0v) is 21.4. The highest BCUT2D eigenvalue weighted by molar-refractivity contribution is 5.98. The number of ether oxygens (including phenoxy) is 1. The molecule has 8 nitrogen and oxygen atoms in total. The fraction of sp³-hybridized carbons (Fsp3) is 0.310. The van der Waals surface area contributed by atoms with E-state index in [1.165, 1.54) is 0 Å². The lowest BCUT2D eigenvalue weighted by Gasteiger charge is -2.35. The number of hydrogen-bond donors (Lipinski definition) is 2. The van der Waals surface area contributed by atoms with Crippen molar-refractivity contribution in [2.45, 2.75) is 44.8 Å². The maximum Gasteiger partial charge on any atom is 0.408 e. The van der Waals surface area contributed by atoms with E-state index in [4.69, 9.17) is 10.5 Å². The second-order valence-electron chi connectivity index (χ2n) is 10.4. The predicted molar refractivity (Wildman–Crippen MR) is 142 cm³/mol. The van der Waals surface area contributed by atoms with Crippen LogP contribution in [0.2, 0.25) is 0 Å². The first-order valence-corrected chi connectivity index (χ1v) is 12.2. The van der Waals surface area contributed by atoms with Gasteiger partial charge in [-0.2, -0.15) is 0 Å². The summed E-state index contributed by atoms with van der Waals surface area (Å²) in [5.74, 6) is -0.508. The Hall–Kier alpha value is -4.20. The zero-order valence-electron chi connectivity index (χ0n) is 21.4. The van der Waals surface area contributed by atoms with E-state index in [2.05, 4.69) is 10.3 Å². The van der Waals surface area contributed by atoms with Crippen molar-refractivity contribution in [3.63, 3.8) is 0 Å². The molecule has 0 spiro atoms. The van der Waals surface area contributed by atoms with Crippen LogP contribution in [0.3, 0.4) is 0 Å². The van der Waals surface area contributed by atoms with Crippen LogP contribution in [0.25, 0.3) is 11.1 Å². The third-order valence-corrected chi connectivity index (χ3v) is 6.29. The van der Waals surface area contributed by atoms with Crippen LogP contribution in [0.1, 0.15) is 42.3 Å². The van der Waals surface area contributed by atoms with Gasteiger partial charge in [0, 0.05) is 43.2 Å². The SMILES string of the molecule is CC(C)(C)OC(=O)NC(C=O)(Cc1ccccc1)CN1CCc2c(C(N)=O)cc(-c3ccncc3)cc21. The van der Waals surface area contributed by atoms with E-state index >= 15 is 0 Å². The largest absolute Gasteiger partial charge is 0.444 e. The number of hydrogen-bond acceptors (Lipinski definition) is 6. The molecular weight excluding hydrogens is 468 g/mol. The summed E-state index contributed by atoms with van der Waals surface area (Å²) in [6.45, 7) is 6.07. The number of carbonyl (C=O) groups excluding carboxylic acids is 3. The molecule has 0 radical (unpaired) electrons. The van der Waals surface area contributed by atoms with E-state index in [9.17, 15) is 14.4 Å². The van der Waals surface area contributed by atoms with Crippen molar-refractivity contribution in [1.82, 2.24) is 10.3 Å². The fourth-order valence-electron chi connectivity index (χ4n) is 4.72. The number of anilines is 1. The average molecular weight is 501 g/mol. The van der Waals surface area contributed by atoms with Crippen LogP contribution in [-0.4, -0.2) is 47.5 Å². The van der Waals surface area contributed by atoms with Gasteiger partial charge in [0.1, 0.15) is 17.4 Å². The summed E-state index contributed by atoms with van der Waals surface area (Å²) in [5.41, 5.74) is 8.48. The number of nitrogens with zero attached hydrogens (tertiary/aromatic N) is 2. The minimum Gasteiger partial charge on any atom is -0.444 e. The summed E-state index contributed by atoms with van der Waals surface area (Å²) in [7, 11) is 0. The van der Waals surface area contributed by atoms with Crippen LogP contribution >= 0.6 is 0 Å². The van der Waals surface area contributed by atoms with Gasteiger partial charge >= 0.3 is 6.09 Å². The lowest BCUT2D eigenvalue weighted by Crippen LogP contribution is -2.59. The number of primary amides is 1. The van der Waals surface area contributed by atoms with Gasteiger partial charge in [-0.25, -0.2) is 4.79 Å². The Labute approximate surface area is 216 Å². The maximum atomic E-state index is 12.8. The number of alkyl carbamates (subject to hydrolysis) is 1. The van der Waals surface area contributed by atoms with Crippen LogP contribution in [0.4, 0.5) is 10.5 Å². The highest BCUT2D eigenvalue weighted by Gasteiger charge is 2.38. The third kappa shape index (κ3) is 6.14. The van der Waals surface area contributed by atoms with Crippen molar-refractivity contribution in [3.05, 3.63) is 83.7 Å². The molecule has 37 heavy (non-hydrogen) atoms. The standard InChI is InChI=1S/C29H32N4O4/c1-28(2,3)37-27(36)32-29(19-34,17-20-7-5-4-6-8-20)18-33-14-11-23-24(26(30)35)15-22(16-25(23)33)21-9-12-31-13-10-21/h4-10,12-13,15-16,19H,11,14,17-18H2,1-3H3,(H2,30,35)(H,32,36). The van der Waals surface area contributed by atoms with Crippen molar-refractivity contribution in [1.29, 1.82) is 0 Å². The van der Waals surface area contributed by atoms with E-state index in [1.54, 1.807) is 39.2 Å². The Kier molecular flexibility index (Phi) is 7.29. The molecular formula is C29H32N4O4. The van der Waals surface area contributed by atoms with Crippen molar-refractivity contribution in [3.8, 4) is 11.1 Å². The molecule has 2 aromatic carbocycles. The molecule has 1 atom stereocenters. The van der Waals surface area contributed by atoms with E-state index in [0.29, 0.717) is 18.5 Å². The number of pyridine rings is 1. The molecule has 4 rings (SSSR count). The molecule has 8 heteroatoms. The summed E-state index contributed by atoms with van der Waals surface area (Å²) in [4.78, 5) is 44.0. The minimum absolute atomic E-state index is 0.190. The highest BCUT2D eigenvalue weighted by Crippen LogP contribution is 2.36. The van der Waals surface area contributed by atoms with Crippen LogP contribution in [0.5, 0.6) is 0 Å². The molecule has 2 heterocycles. The fourth-order valence-corrected chi connectivity index (χ4v) is 4.72. The van der Waals surface area contributed by atoms with Crippen molar-refractivity contribution in [2.75, 3.05) is 18.0 Å². The Bertz CT molecular complexity index is 1290. The van der Waals surface area contributed by atoms with Gasteiger partial charge in [-0.05, 0) is 73.7 Å². The number of aldehydes is 1. The molecule has 1 aromatic heterocycles.